The average Bonchev–Trinajstić information content (AvgIpc) is 3.75. The zero-order valence-corrected chi connectivity index (χ0v) is 65.2. The van der Waals surface area contributed by atoms with Crippen LogP contribution in [0.2, 0.25) is 0 Å². The third kappa shape index (κ3) is 70.9. The molecule has 0 saturated heterocycles. The Kier molecular flexibility index (Phi) is 68.4. The molecule has 0 bridgehead atoms. The van der Waals surface area contributed by atoms with Crippen LogP contribution in [0.3, 0.4) is 0 Å². The van der Waals surface area contributed by atoms with E-state index in [0.717, 1.165) is 102 Å². The molecule has 0 aromatic carbocycles. The van der Waals surface area contributed by atoms with Crippen LogP contribution in [0.15, 0.2) is 0 Å². The number of carbonyl (C=O) groups excluding carboxylic acids is 4. The van der Waals surface area contributed by atoms with Gasteiger partial charge in [-0.1, -0.05) is 356 Å². The fourth-order valence-corrected chi connectivity index (χ4v) is 13.6. The maximum Gasteiger partial charge on any atom is 0.472 e. The molecule has 576 valence electrons. The van der Waals surface area contributed by atoms with E-state index in [4.69, 9.17) is 37.0 Å². The third-order valence-electron chi connectivity index (χ3n) is 18.6. The van der Waals surface area contributed by atoms with Gasteiger partial charge in [-0.15, -0.1) is 0 Å². The first kappa shape index (κ1) is 95.1. The summed E-state index contributed by atoms with van der Waals surface area (Å²) in [7, 11) is -9.91. The van der Waals surface area contributed by atoms with Gasteiger partial charge >= 0.3 is 39.5 Å². The molecule has 0 fully saturated rings. The molecular formula is C78H152O17P2. The molecule has 17 nitrogen and oxygen atoms in total. The molecule has 0 aliphatic rings. The number of hydrogen-bond acceptors (Lipinski definition) is 15. The van der Waals surface area contributed by atoms with Crippen molar-refractivity contribution in [2.45, 2.75) is 426 Å². The molecule has 3 unspecified atom stereocenters. The highest BCUT2D eigenvalue weighted by molar-refractivity contribution is 7.47. The maximum atomic E-state index is 13.1. The maximum absolute atomic E-state index is 13.1. The van der Waals surface area contributed by atoms with Gasteiger partial charge in [-0.25, -0.2) is 9.13 Å². The van der Waals surface area contributed by atoms with Crippen molar-refractivity contribution < 1.29 is 80.2 Å². The Bertz CT molecular complexity index is 1870. The summed E-state index contributed by atoms with van der Waals surface area (Å²) in [6.45, 7) is 9.58. The molecule has 0 aromatic rings. The fraction of sp³-hybridized carbons (Fsp3) is 0.949. The lowest BCUT2D eigenvalue weighted by Crippen LogP contribution is -2.30. The summed E-state index contributed by atoms with van der Waals surface area (Å²) in [5.41, 5.74) is 0. The predicted molar refractivity (Wildman–Crippen MR) is 395 cm³/mol. The van der Waals surface area contributed by atoms with E-state index in [9.17, 15) is 43.2 Å². The Morgan fingerprint density at radius 3 is 0.784 bits per heavy atom. The number of aliphatic hydroxyl groups excluding tert-OH is 1. The first-order chi connectivity index (χ1) is 46.9. The normalized spacial score (nSPS) is 14.2. The van der Waals surface area contributed by atoms with Crippen LogP contribution < -0.4 is 0 Å². The van der Waals surface area contributed by atoms with Gasteiger partial charge in [0.1, 0.15) is 19.3 Å². The van der Waals surface area contributed by atoms with Gasteiger partial charge < -0.3 is 33.8 Å². The molecule has 0 aliphatic carbocycles. The zero-order chi connectivity index (χ0) is 71.4. The van der Waals surface area contributed by atoms with Crippen molar-refractivity contribution in [1.29, 1.82) is 0 Å². The monoisotopic (exact) mass is 1420 g/mol. The topological polar surface area (TPSA) is 237 Å². The number of rotatable bonds is 77. The molecule has 6 atom stereocenters. The first-order valence-corrected chi connectivity index (χ1v) is 43.5. The number of carbonyl (C=O) groups is 4. The van der Waals surface area contributed by atoms with Gasteiger partial charge in [0.25, 0.3) is 0 Å². The van der Waals surface area contributed by atoms with Crippen LogP contribution in [0.4, 0.5) is 0 Å². The number of ether oxygens (including phenoxy) is 4. The molecule has 0 rings (SSSR count). The van der Waals surface area contributed by atoms with Gasteiger partial charge in [-0.3, -0.25) is 37.3 Å². The average molecular weight is 1420 g/mol. The number of aliphatic hydroxyl groups is 1. The third-order valence-corrected chi connectivity index (χ3v) is 20.5. The molecule has 97 heavy (non-hydrogen) atoms. The van der Waals surface area contributed by atoms with Gasteiger partial charge in [-0.2, -0.15) is 0 Å². The van der Waals surface area contributed by atoms with Gasteiger partial charge in [0.2, 0.25) is 0 Å². The smallest absolute Gasteiger partial charge is 0.462 e. The molecule has 0 radical (unpaired) electrons. The van der Waals surface area contributed by atoms with Crippen molar-refractivity contribution in [1.82, 2.24) is 0 Å². The Morgan fingerprint density at radius 2 is 0.526 bits per heavy atom. The molecule has 0 amide bonds. The van der Waals surface area contributed by atoms with E-state index in [1.165, 1.54) is 218 Å². The van der Waals surface area contributed by atoms with Crippen LogP contribution in [0, 0.1) is 11.8 Å². The Hall–Kier alpha value is -1.94. The van der Waals surface area contributed by atoms with Gasteiger partial charge in [0.05, 0.1) is 26.4 Å². The first-order valence-electron chi connectivity index (χ1n) is 40.5. The van der Waals surface area contributed by atoms with Crippen LogP contribution in [-0.4, -0.2) is 96.7 Å². The van der Waals surface area contributed by atoms with E-state index in [1.807, 2.05) is 0 Å². The van der Waals surface area contributed by atoms with E-state index in [-0.39, 0.29) is 25.7 Å². The van der Waals surface area contributed by atoms with Gasteiger partial charge in [0, 0.05) is 25.7 Å². The molecular weight excluding hydrogens is 1270 g/mol. The Morgan fingerprint density at radius 1 is 0.299 bits per heavy atom. The van der Waals surface area contributed by atoms with Crippen LogP contribution in [0.5, 0.6) is 0 Å². The largest absolute Gasteiger partial charge is 0.472 e. The van der Waals surface area contributed by atoms with Crippen LogP contribution in [0.1, 0.15) is 408 Å². The number of esters is 4. The van der Waals surface area contributed by atoms with Crippen molar-refractivity contribution >= 4 is 39.5 Å². The summed E-state index contributed by atoms with van der Waals surface area (Å²) < 4.78 is 68.6. The minimum absolute atomic E-state index is 0.107. The summed E-state index contributed by atoms with van der Waals surface area (Å²) in [6.07, 6.45) is 58.3. The molecule has 0 aliphatic heterocycles. The van der Waals surface area contributed by atoms with Crippen molar-refractivity contribution in [3.8, 4) is 0 Å². The van der Waals surface area contributed by atoms with Crippen molar-refractivity contribution in [3.63, 3.8) is 0 Å². The van der Waals surface area contributed by atoms with E-state index < -0.39 is 97.5 Å². The standard InChI is InChI=1S/C78H152O17P2/c1-7-10-12-14-16-18-20-22-23-24-25-26-27-28-30-32-38-44-51-57-63-78(83)94-73(66-88-75(80)60-54-48-42-36-34-33-35-41-47-53-59-71(6)9-3)68-92-96(84,85)90-64-72(79)65-91-97(86,87)93-69-74(67-89-76(81)61-55-49-45-39-40-46-52-58-70(4)5)95-77(82)62-56-50-43-37-31-29-21-19-17-15-13-11-8-2/h70-74,79H,7-69H2,1-6H3,(H,84,85)(H,86,87)/t71?,72-,73-,74-/m1/s1. The number of phosphoric ester groups is 2. The molecule has 0 heterocycles. The number of phosphoric acid groups is 2. The molecule has 0 saturated carbocycles. The summed E-state index contributed by atoms with van der Waals surface area (Å²) >= 11 is 0. The zero-order valence-electron chi connectivity index (χ0n) is 63.4. The lowest BCUT2D eigenvalue weighted by Gasteiger charge is -2.21. The van der Waals surface area contributed by atoms with Crippen LogP contribution >= 0.6 is 15.6 Å². The SMILES string of the molecule is CCCCCCCCCCCCCCCCCCCCCCC(=O)O[C@H](COC(=O)CCCCCCCCCCCCC(C)CC)COP(=O)(O)OC[C@@H](O)COP(=O)(O)OC[C@@H](COC(=O)CCCCCCCCCC(C)C)OC(=O)CCCCCCCCCCCCCCC. The minimum Gasteiger partial charge on any atom is -0.462 e. The van der Waals surface area contributed by atoms with E-state index >= 15 is 0 Å². The van der Waals surface area contributed by atoms with E-state index in [0.29, 0.717) is 31.6 Å². The van der Waals surface area contributed by atoms with Crippen molar-refractivity contribution in [2.75, 3.05) is 39.6 Å². The quantitative estimate of drug-likeness (QED) is 0.0222. The molecule has 19 heteroatoms. The van der Waals surface area contributed by atoms with Gasteiger partial charge in [-0.05, 0) is 37.5 Å². The lowest BCUT2D eigenvalue weighted by atomic mass is 9.99. The van der Waals surface area contributed by atoms with Crippen molar-refractivity contribution in [2.24, 2.45) is 11.8 Å². The predicted octanol–water partition coefficient (Wildman–Crippen LogP) is 23.1. The second-order valence-electron chi connectivity index (χ2n) is 28.8. The highest BCUT2D eigenvalue weighted by Gasteiger charge is 2.30. The summed E-state index contributed by atoms with van der Waals surface area (Å²) in [6, 6.07) is 0. The Balaban J connectivity index is 5.23. The summed E-state index contributed by atoms with van der Waals surface area (Å²) in [5.74, 6) is -0.599. The second kappa shape index (κ2) is 69.8. The summed E-state index contributed by atoms with van der Waals surface area (Å²) in [4.78, 5) is 72.9. The summed E-state index contributed by atoms with van der Waals surface area (Å²) in [5, 5.41) is 10.6. The van der Waals surface area contributed by atoms with Gasteiger partial charge in [0.15, 0.2) is 12.2 Å². The molecule has 3 N–H and O–H groups in total. The lowest BCUT2D eigenvalue weighted by molar-refractivity contribution is -0.161. The van der Waals surface area contributed by atoms with Crippen molar-refractivity contribution in [3.05, 3.63) is 0 Å². The highest BCUT2D eigenvalue weighted by Crippen LogP contribution is 2.45. The van der Waals surface area contributed by atoms with Crippen LogP contribution in [0.25, 0.3) is 0 Å². The van der Waals surface area contributed by atoms with E-state index in [1.54, 1.807) is 0 Å². The number of hydrogen-bond donors (Lipinski definition) is 3. The second-order valence-corrected chi connectivity index (χ2v) is 31.7. The van der Waals surface area contributed by atoms with E-state index in [2.05, 4.69) is 41.5 Å². The minimum atomic E-state index is -4.96. The molecule has 0 spiro atoms. The Labute approximate surface area is 594 Å². The number of unbranched alkanes of at least 4 members (excludes halogenated alkanes) is 46. The molecule has 0 aromatic heterocycles. The fourth-order valence-electron chi connectivity index (χ4n) is 12.0. The highest BCUT2D eigenvalue weighted by atomic mass is 31.2. The van der Waals surface area contributed by atoms with Crippen LogP contribution in [-0.2, 0) is 65.4 Å².